The van der Waals surface area contributed by atoms with E-state index in [9.17, 15) is 24.6 Å². The lowest BCUT2D eigenvalue weighted by Gasteiger charge is -2.57. The molecule has 1 aliphatic heterocycles. The van der Waals surface area contributed by atoms with Gasteiger partial charge < -0.3 is 19.7 Å². The summed E-state index contributed by atoms with van der Waals surface area (Å²) in [7, 11) is 0. The van der Waals surface area contributed by atoms with Gasteiger partial charge in [-0.1, -0.05) is 36.7 Å². The first kappa shape index (κ1) is 21.5. The third-order valence-corrected chi connectivity index (χ3v) is 8.51. The minimum atomic E-state index is -1.83. The molecule has 30 heavy (non-hydrogen) atoms. The number of carbonyl (C=O) groups excluding carboxylic acids is 3. The number of hydrogen-bond acceptors (Lipinski definition) is 7. The van der Waals surface area contributed by atoms with Crippen LogP contribution in [0, 0.1) is 22.7 Å². The molecule has 2 aliphatic carbocycles. The van der Waals surface area contributed by atoms with Crippen LogP contribution in [0.15, 0.2) is 28.7 Å². The first-order valence-corrected chi connectivity index (χ1v) is 10.8. The van der Waals surface area contributed by atoms with Gasteiger partial charge in [-0.25, -0.2) is 4.79 Å². The molecular formula is C22H25BrO7. The van der Waals surface area contributed by atoms with E-state index < -0.39 is 52.4 Å². The lowest BCUT2D eigenvalue weighted by molar-refractivity contribution is -0.238. The number of esters is 2. The van der Waals surface area contributed by atoms with Crippen LogP contribution in [0.1, 0.15) is 44.0 Å². The van der Waals surface area contributed by atoms with E-state index >= 15 is 0 Å². The second kappa shape index (κ2) is 6.87. The number of aliphatic hydroxyl groups excluding tert-OH is 1. The van der Waals surface area contributed by atoms with E-state index in [0.717, 1.165) is 4.47 Å². The largest absolute Gasteiger partial charge is 0.465 e. The van der Waals surface area contributed by atoms with Crippen LogP contribution < -0.4 is 0 Å². The fourth-order valence-corrected chi connectivity index (χ4v) is 6.16. The molecule has 0 amide bonds. The first-order valence-electron chi connectivity index (χ1n) is 10.0. The lowest BCUT2D eigenvalue weighted by Crippen LogP contribution is -2.69. The molecule has 0 radical (unpaired) electrons. The Morgan fingerprint density at radius 1 is 1.20 bits per heavy atom. The number of carbonyl (C=O) groups is 3. The average molecular weight is 481 g/mol. The predicted molar refractivity (Wildman–Crippen MR) is 108 cm³/mol. The Kier molecular flexibility index (Phi) is 4.91. The van der Waals surface area contributed by atoms with Gasteiger partial charge in [0.05, 0.1) is 12.0 Å². The molecule has 7 nitrogen and oxygen atoms in total. The molecule has 1 aromatic rings. The van der Waals surface area contributed by atoms with Gasteiger partial charge in [0.1, 0.15) is 30.2 Å². The molecule has 2 bridgehead atoms. The standard InChI is InChI=1S/C22H25BrO7/c1-11-15(24)8-21-9-16(25)29-10-20(11,3)22(21,28)18(26)17(12(21)2)30-19(27)13-4-6-14(23)7-5-13/h4-7,11-12,17-18,26,28H,8-10H2,1-3H3. The maximum atomic E-state index is 12.9. The van der Waals surface area contributed by atoms with Gasteiger partial charge >= 0.3 is 11.9 Å². The van der Waals surface area contributed by atoms with Gasteiger partial charge in [-0.2, -0.15) is 0 Å². The van der Waals surface area contributed by atoms with Crippen molar-refractivity contribution < 1.29 is 34.1 Å². The number of rotatable bonds is 2. The van der Waals surface area contributed by atoms with Gasteiger partial charge in [-0.15, -0.1) is 0 Å². The number of Topliss-reactive ketones (excluding diaryl/α,β-unsaturated/α-hetero) is 1. The first-order chi connectivity index (χ1) is 14.0. The van der Waals surface area contributed by atoms with Gasteiger partial charge in [-0.3, -0.25) is 9.59 Å². The Hall–Kier alpha value is -1.77. The predicted octanol–water partition coefficient (Wildman–Crippen LogP) is 2.26. The second-order valence-electron chi connectivity index (χ2n) is 9.15. The molecule has 8 heteroatoms. The number of ether oxygens (including phenoxy) is 2. The number of ketones is 1. The van der Waals surface area contributed by atoms with Crippen LogP contribution in [0.2, 0.25) is 0 Å². The van der Waals surface area contributed by atoms with E-state index in [1.54, 1.807) is 45.0 Å². The second-order valence-corrected chi connectivity index (χ2v) is 10.1. The molecule has 2 N–H and O–H groups in total. The highest BCUT2D eigenvalue weighted by molar-refractivity contribution is 9.10. The molecule has 3 aliphatic rings. The molecule has 0 aromatic heterocycles. The number of cyclic esters (lactones) is 1. The van der Waals surface area contributed by atoms with Crippen molar-refractivity contribution in [2.45, 2.75) is 51.4 Å². The van der Waals surface area contributed by atoms with Gasteiger partial charge in [-0.05, 0) is 24.3 Å². The van der Waals surface area contributed by atoms with Gasteiger partial charge in [0, 0.05) is 33.6 Å². The molecule has 7 unspecified atom stereocenters. The topological polar surface area (TPSA) is 110 Å². The molecule has 7 atom stereocenters. The smallest absolute Gasteiger partial charge is 0.338 e. The fraction of sp³-hybridized carbons (Fsp3) is 0.591. The molecule has 3 fully saturated rings. The van der Waals surface area contributed by atoms with Crippen molar-refractivity contribution >= 4 is 33.7 Å². The molecular weight excluding hydrogens is 456 g/mol. The molecule has 2 saturated carbocycles. The summed E-state index contributed by atoms with van der Waals surface area (Å²) in [6.45, 7) is 4.87. The molecule has 1 saturated heterocycles. The Bertz CT molecular complexity index is 915. The molecule has 4 rings (SSSR count). The van der Waals surface area contributed by atoms with Crippen molar-refractivity contribution in [2.24, 2.45) is 22.7 Å². The van der Waals surface area contributed by atoms with Crippen molar-refractivity contribution in [1.82, 2.24) is 0 Å². The van der Waals surface area contributed by atoms with Gasteiger partial charge in [0.15, 0.2) is 0 Å². The molecule has 0 spiro atoms. The summed E-state index contributed by atoms with van der Waals surface area (Å²) in [5.41, 5.74) is -4.01. The highest BCUT2D eigenvalue weighted by Gasteiger charge is 2.79. The van der Waals surface area contributed by atoms with Crippen LogP contribution in [-0.2, 0) is 19.1 Å². The van der Waals surface area contributed by atoms with Crippen LogP contribution in [-0.4, -0.2) is 52.4 Å². The van der Waals surface area contributed by atoms with Crippen molar-refractivity contribution in [1.29, 1.82) is 0 Å². The summed E-state index contributed by atoms with van der Waals surface area (Å²) in [4.78, 5) is 38.1. The summed E-state index contributed by atoms with van der Waals surface area (Å²) >= 11 is 3.31. The minimum Gasteiger partial charge on any atom is -0.465 e. The summed E-state index contributed by atoms with van der Waals surface area (Å²) in [5, 5.41) is 23.3. The summed E-state index contributed by atoms with van der Waals surface area (Å²) in [5.74, 6) is -2.54. The van der Waals surface area contributed by atoms with Crippen molar-refractivity contribution in [3.63, 3.8) is 0 Å². The van der Waals surface area contributed by atoms with Gasteiger partial charge in [0.25, 0.3) is 0 Å². The number of halogens is 1. The van der Waals surface area contributed by atoms with E-state index in [1.165, 1.54) is 0 Å². The quantitative estimate of drug-likeness (QED) is 0.624. The Morgan fingerprint density at radius 3 is 2.47 bits per heavy atom. The van der Waals surface area contributed by atoms with Gasteiger partial charge in [0.2, 0.25) is 0 Å². The van der Waals surface area contributed by atoms with E-state index in [0.29, 0.717) is 5.56 Å². The van der Waals surface area contributed by atoms with E-state index in [-0.39, 0.29) is 25.2 Å². The monoisotopic (exact) mass is 480 g/mol. The highest BCUT2D eigenvalue weighted by atomic mass is 79.9. The zero-order valence-corrected chi connectivity index (χ0v) is 18.6. The van der Waals surface area contributed by atoms with Crippen molar-refractivity contribution in [2.75, 3.05) is 6.61 Å². The SMILES string of the molecule is CC1C(=O)CC23CC(=O)OCC1(C)C2(O)C(O)C(OC(=O)c1ccc(Br)cc1)C3C. The summed E-state index contributed by atoms with van der Waals surface area (Å²) in [6.07, 6.45) is -2.85. The van der Waals surface area contributed by atoms with E-state index in [2.05, 4.69) is 15.9 Å². The lowest BCUT2D eigenvalue weighted by atomic mass is 9.47. The average Bonchev–Trinajstić information content (AvgIpc) is 2.81. The molecule has 1 aromatic carbocycles. The number of benzene rings is 1. The molecule has 162 valence electrons. The van der Waals surface area contributed by atoms with Crippen LogP contribution in [0.3, 0.4) is 0 Å². The Labute approximate surface area is 182 Å². The summed E-state index contributed by atoms with van der Waals surface area (Å²) < 4.78 is 11.8. The Balaban J connectivity index is 1.77. The fourth-order valence-electron chi connectivity index (χ4n) is 5.90. The van der Waals surface area contributed by atoms with Crippen LogP contribution in [0.5, 0.6) is 0 Å². The third-order valence-electron chi connectivity index (χ3n) is 7.98. The maximum absolute atomic E-state index is 12.9. The number of hydrogen-bond donors (Lipinski definition) is 2. The van der Waals surface area contributed by atoms with Crippen LogP contribution in [0.25, 0.3) is 0 Å². The molecule has 1 heterocycles. The van der Waals surface area contributed by atoms with Crippen molar-refractivity contribution in [3.8, 4) is 0 Å². The normalized spacial score (nSPS) is 42.9. The zero-order valence-electron chi connectivity index (χ0n) is 17.1. The van der Waals surface area contributed by atoms with E-state index in [1.807, 2.05) is 0 Å². The third kappa shape index (κ3) is 2.59. The van der Waals surface area contributed by atoms with Crippen LogP contribution in [0.4, 0.5) is 0 Å². The van der Waals surface area contributed by atoms with Crippen molar-refractivity contribution in [3.05, 3.63) is 34.3 Å². The minimum absolute atomic E-state index is 0.0834. The zero-order chi connectivity index (χ0) is 22.1. The number of aliphatic hydroxyl groups is 2. The summed E-state index contributed by atoms with van der Waals surface area (Å²) in [6, 6.07) is 6.58. The highest BCUT2D eigenvalue weighted by Crippen LogP contribution is 2.68. The van der Waals surface area contributed by atoms with Crippen LogP contribution >= 0.6 is 15.9 Å². The van der Waals surface area contributed by atoms with E-state index in [4.69, 9.17) is 9.47 Å². The Morgan fingerprint density at radius 2 is 1.83 bits per heavy atom. The maximum Gasteiger partial charge on any atom is 0.338 e.